The summed E-state index contributed by atoms with van der Waals surface area (Å²) >= 11 is 0. The molecule has 7 heteroatoms. The van der Waals surface area contributed by atoms with Crippen molar-refractivity contribution >= 4 is 16.7 Å². The minimum atomic E-state index is 0.293. The lowest BCUT2D eigenvalue weighted by molar-refractivity contribution is 0.292. The molecule has 0 atom stereocenters. The molecule has 0 radical (unpaired) electrons. The Bertz CT molecular complexity index is 1270. The number of aryl methyl sites for hydroxylation is 2. The summed E-state index contributed by atoms with van der Waals surface area (Å²) in [7, 11) is 0. The van der Waals surface area contributed by atoms with Crippen molar-refractivity contribution in [1.82, 2.24) is 29.4 Å². The normalized spacial score (nSPS) is 11.4. The number of aromatic nitrogens is 6. The summed E-state index contributed by atoms with van der Waals surface area (Å²) in [4.78, 5) is 9.18. The van der Waals surface area contributed by atoms with E-state index in [1.54, 1.807) is 21.7 Å². The van der Waals surface area contributed by atoms with Crippen LogP contribution in [0.15, 0.2) is 61.1 Å². The van der Waals surface area contributed by atoms with Gasteiger partial charge in [-0.2, -0.15) is 5.10 Å². The molecule has 0 N–H and O–H groups in total. The summed E-state index contributed by atoms with van der Waals surface area (Å²) in [6.45, 7) is 4.36. The third kappa shape index (κ3) is 2.68. The predicted octanol–water partition coefficient (Wildman–Crippen LogP) is 3.66. The number of benzene rings is 2. The second kappa shape index (κ2) is 6.45. The number of hydrogen-bond donors (Lipinski definition) is 0. The van der Waals surface area contributed by atoms with Gasteiger partial charge in [-0.3, -0.25) is 0 Å². The third-order valence-electron chi connectivity index (χ3n) is 4.70. The highest BCUT2D eigenvalue weighted by Crippen LogP contribution is 2.24. The Balaban J connectivity index is 1.51. The molecular formula is C21H18N6O. The van der Waals surface area contributed by atoms with Crippen LogP contribution in [0.2, 0.25) is 0 Å². The van der Waals surface area contributed by atoms with Gasteiger partial charge in [0.25, 0.3) is 0 Å². The fraction of sp³-hybridized carbons (Fsp3) is 0.143. The summed E-state index contributed by atoms with van der Waals surface area (Å²) in [6, 6.07) is 16.0. The molecule has 0 spiro atoms. The monoisotopic (exact) mass is 370 g/mol. The zero-order valence-corrected chi connectivity index (χ0v) is 15.6. The number of ether oxygens (including phenoxy) is 1. The molecule has 0 aliphatic rings. The second-order valence-corrected chi connectivity index (χ2v) is 6.68. The van der Waals surface area contributed by atoms with Crippen molar-refractivity contribution in [2.75, 3.05) is 0 Å². The highest BCUT2D eigenvalue weighted by atomic mass is 16.5. The van der Waals surface area contributed by atoms with E-state index in [2.05, 4.69) is 20.2 Å². The molecule has 0 fully saturated rings. The Kier molecular flexibility index (Phi) is 3.79. The molecule has 5 aromatic rings. The summed E-state index contributed by atoms with van der Waals surface area (Å²) in [5.74, 6) is 1.48. The Morgan fingerprint density at radius 3 is 2.50 bits per heavy atom. The van der Waals surface area contributed by atoms with Crippen LogP contribution in [0.5, 0.6) is 5.75 Å². The quantitative estimate of drug-likeness (QED) is 0.483. The summed E-state index contributed by atoms with van der Waals surface area (Å²) in [6.07, 6.45) is 3.43. The van der Waals surface area contributed by atoms with Gasteiger partial charge in [-0.25, -0.2) is 19.2 Å². The number of nitrogens with zero attached hydrogens (tertiary/aromatic N) is 6. The van der Waals surface area contributed by atoms with Gasteiger partial charge in [0.1, 0.15) is 18.7 Å². The molecule has 0 saturated heterocycles. The van der Waals surface area contributed by atoms with Crippen LogP contribution in [-0.4, -0.2) is 29.4 Å². The first-order valence-electron chi connectivity index (χ1n) is 9.03. The minimum absolute atomic E-state index is 0.293. The SMILES string of the molecule is Cc1cccc(C)c1OCc1nc2c3cnn(-c4ccccc4)c3ncn2n1. The summed E-state index contributed by atoms with van der Waals surface area (Å²) in [5, 5.41) is 9.83. The van der Waals surface area contributed by atoms with Gasteiger partial charge >= 0.3 is 0 Å². The molecule has 0 saturated carbocycles. The van der Waals surface area contributed by atoms with E-state index in [1.807, 2.05) is 62.4 Å². The molecule has 28 heavy (non-hydrogen) atoms. The van der Waals surface area contributed by atoms with Crippen LogP contribution in [-0.2, 0) is 6.61 Å². The molecular weight excluding hydrogens is 352 g/mol. The van der Waals surface area contributed by atoms with Crippen LogP contribution in [0.25, 0.3) is 22.4 Å². The van der Waals surface area contributed by atoms with Crippen molar-refractivity contribution in [3.8, 4) is 11.4 Å². The molecule has 0 aliphatic heterocycles. The number of rotatable bonds is 4. The lowest BCUT2D eigenvalue weighted by Gasteiger charge is -2.09. The third-order valence-corrected chi connectivity index (χ3v) is 4.70. The topological polar surface area (TPSA) is 70.1 Å². The van der Waals surface area contributed by atoms with Crippen LogP contribution in [0.3, 0.4) is 0 Å². The highest BCUT2D eigenvalue weighted by molar-refractivity contribution is 5.89. The number of fused-ring (bicyclic) bond motifs is 3. The zero-order valence-electron chi connectivity index (χ0n) is 15.6. The van der Waals surface area contributed by atoms with Crippen molar-refractivity contribution in [2.24, 2.45) is 0 Å². The summed E-state index contributed by atoms with van der Waals surface area (Å²) < 4.78 is 9.46. The lowest BCUT2D eigenvalue weighted by Crippen LogP contribution is -2.01. The van der Waals surface area contributed by atoms with E-state index >= 15 is 0 Å². The standard InChI is InChI=1S/C21H18N6O/c1-14-7-6-8-15(2)19(14)28-12-18-24-21-17-11-23-27(16-9-4-3-5-10-16)20(17)22-13-26(21)25-18/h3-11,13H,12H2,1-2H3. The Morgan fingerprint density at radius 1 is 0.929 bits per heavy atom. The van der Waals surface area contributed by atoms with E-state index in [0.717, 1.165) is 33.6 Å². The summed E-state index contributed by atoms with van der Waals surface area (Å²) in [5.41, 5.74) is 4.60. The lowest BCUT2D eigenvalue weighted by atomic mass is 10.1. The van der Waals surface area contributed by atoms with E-state index in [9.17, 15) is 0 Å². The van der Waals surface area contributed by atoms with E-state index in [-0.39, 0.29) is 0 Å². The number of para-hydroxylation sites is 2. The Morgan fingerprint density at radius 2 is 1.71 bits per heavy atom. The molecule has 138 valence electrons. The van der Waals surface area contributed by atoms with Gasteiger partial charge in [-0.15, -0.1) is 5.10 Å². The minimum Gasteiger partial charge on any atom is -0.485 e. The van der Waals surface area contributed by atoms with Crippen LogP contribution < -0.4 is 4.74 Å². The molecule has 0 aliphatic carbocycles. The second-order valence-electron chi connectivity index (χ2n) is 6.68. The van der Waals surface area contributed by atoms with Gasteiger partial charge in [0.05, 0.1) is 17.3 Å². The first kappa shape index (κ1) is 16.4. The van der Waals surface area contributed by atoms with Gasteiger partial charge in [-0.1, -0.05) is 36.4 Å². The Labute approximate surface area is 161 Å². The van der Waals surface area contributed by atoms with Gasteiger partial charge in [0, 0.05) is 0 Å². The van der Waals surface area contributed by atoms with E-state index in [0.29, 0.717) is 18.1 Å². The molecule has 0 unspecified atom stereocenters. The molecule has 0 bridgehead atoms. The van der Waals surface area contributed by atoms with Gasteiger partial charge in [-0.05, 0) is 37.1 Å². The molecule has 5 rings (SSSR count). The fourth-order valence-electron chi connectivity index (χ4n) is 3.35. The molecule has 3 heterocycles. The average Bonchev–Trinajstić information content (AvgIpc) is 3.32. The van der Waals surface area contributed by atoms with Crippen molar-refractivity contribution in [2.45, 2.75) is 20.5 Å². The van der Waals surface area contributed by atoms with Crippen molar-refractivity contribution in [3.05, 3.63) is 78.0 Å². The maximum Gasteiger partial charge on any atom is 0.189 e. The average molecular weight is 370 g/mol. The molecule has 2 aromatic carbocycles. The van der Waals surface area contributed by atoms with Crippen LogP contribution in [0.1, 0.15) is 17.0 Å². The molecule has 7 nitrogen and oxygen atoms in total. The van der Waals surface area contributed by atoms with Gasteiger partial charge in [0.2, 0.25) is 0 Å². The molecule has 0 amide bonds. The van der Waals surface area contributed by atoms with Crippen LogP contribution in [0, 0.1) is 13.8 Å². The maximum atomic E-state index is 5.99. The smallest absolute Gasteiger partial charge is 0.189 e. The number of hydrogen-bond acceptors (Lipinski definition) is 5. The van der Waals surface area contributed by atoms with Crippen molar-refractivity contribution in [3.63, 3.8) is 0 Å². The van der Waals surface area contributed by atoms with Crippen LogP contribution in [0.4, 0.5) is 0 Å². The van der Waals surface area contributed by atoms with Gasteiger partial charge < -0.3 is 4.74 Å². The maximum absolute atomic E-state index is 5.99. The zero-order chi connectivity index (χ0) is 19.1. The Hall–Kier alpha value is -3.74. The van der Waals surface area contributed by atoms with Gasteiger partial charge in [0.15, 0.2) is 17.1 Å². The first-order valence-corrected chi connectivity index (χ1v) is 9.03. The fourth-order valence-corrected chi connectivity index (χ4v) is 3.35. The van der Waals surface area contributed by atoms with Crippen LogP contribution >= 0.6 is 0 Å². The van der Waals surface area contributed by atoms with Crippen molar-refractivity contribution < 1.29 is 4.74 Å². The van der Waals surface area contributed by atoms with Crippen molar-refractivity contribution in [1.29, 1.82) is 0 Å². The highest BCUT2D eigenvalue weighted by Gasteiger charge is 2.14. The van der Waals surface area contributed by atoms with E-state index in [1.165, 1.54) is 0 Å². The van der Waals surface area contributed by atoms with E-state index in [4.69, 9.17) is 4.74 Å². The molecule has 3 aromatic heterocycles. The predicted molar refractivity (Wildman–Crippen MR) is 106 cm³/mol. The first-order chi connectivity index (χ1) is 13.7. The largest absolute Gasteiger partial charge is 0.485 e. The van der Waals surface area contributed by atoms with E-state index < -0.39 is 0 Å².